The van der Waals surface area contributed by atoms with Gasteiger partial charge in [0.05, 0.1) is 20.4 Å². The van der Waals surface area contributed by atoms with E-state index < -0.39 is 0 Å². The number of hydrogen-bond acceptors (Lipinski definition) is 6. The Balaban J connectivity index is 1.70. The molecule has 0 fully saturated rings. The molecule has 0 bridgehead atoms. The van der Waals surface area contributed by atoms with Crippen molar-refractivity contribution in [2.45, 2.75) is 20.1 Å². The summed E-state index contributed by atoms with van der Waals surface area (Å²) in [6.45, 7) is 3.78. The fourth-order valence-corrected chi connectivity index (χ4v) is 2.95. The van der Waals surface area contributed by atoms with Crippen molar-refractivity contribution in [3.8, 4) is 23.0 Å². The fraction of sp³-hybridized carbons (Fsp3) is 0.300. The predicted octanol–water partition coefficient (Wildman–Crippen LogP) is 4.37. The smallest absolute Gasteiger partial charge is 0.288 e. The first kappa shape index (κ1) is 19.1. The van der Waals surface area contributed by atoms with Gasteiger partial charge in [-0.05, 0) is 56.0 Å². The zero-order chi connectivity index (χ0) is 19.2. The number of nitrogens with zero attached hydrogens (tertiary/aromatic N) is 3. The lowest BCUT2D eigenvalue weighted by atomic mass is 10.2. The van der Waals surface area contributed by atoms with Crippen LogP contribution in [0.15, 0.2) is 52.9 Å². The third-order valence-electron chi connectivity index (χ3n) is 3.98. The van der Waals surface area contributed by atoms with Crippen molar-refractivity contribution >= 4 is 12.2 Å². The molecular weight excluding hydrogens is 362 g/mol. The highest BCUT2D eigenvalue weighted by Crippen LogP contribution is 2.28. The number of hydrogen-bond donors (Lipinski definition) is 0. The predicted molar refractivity (Wildman–Crippen MR) is 106 cm³/mol. The van der Waals surface area contributed by atoms with Gasteiger partial charge in [-0.15, -0.1) is 5.10 Å². The molecule has 0 amide bonds. The van der Waals surface area contributed by atoms with Gasteiger partial charge in [0.2, 0.25) is 5.89 Å². The largest absolute Gasteiger partial charge is 0.493 e. The molecule has 0 spiro atoms. The molecule has 7 heteroatoms. The highest BCUT2D eigenvalue weighted by atomic mass is 32.1. The van der Waals surface area contributed by atoms with Crippen LogP contribution in [0.4, 0.5) is 0 Å². The molecule has 0 saturated carbocycles. The van der Waals surface area contributed by atoms with Crippen molar-refractivity contribution < 1.29 is 13.9 Å². The summed E-state index contributed by atoms with van der Waals surface area (Å²) in [5, 5.41) is 4.49. The molecule has 0 unspecified atom stereocenters. The molecule has 6 nitrogen and oxygen atoms in total. The normalized spacial score (nSPS) is 11.0. The maximum Gasteiger partial charge on any atom is 0.288 e. The summed E-state index contributed by atoms with van der Waals surface area (Å²) in [6, 6.07) is 15.7. The van der Waals surface area contributed by atoms with Gasteiger partial charge in [0.1, 0.15) is 0 Å². The van der Waals surface area contributed by atoms with Crippen LogP contribution in [0.5, 0.6) is 11.5 Å². The van der Waals surface area contributed by atoms with Crippen LogP contribution in [0, 0.1) is 4.84 Å². The Bertz CT molecular complexity index is 937. The second kappa shape index (κ2) is 8.83. The van der Waals surface area contributed by atoms with Crippen LogP contribution in [-0.2, 0) is 13.2 Å². The highest BCUT2D eigenvalue weighted by molar-refractivity contribution is 7.71. The lowest BCUT2D eigenvalue weighted by Gasteiger charge is -2.17. The molecular formula is C20H23N3O3S. The molecule has 3 rings (SSSR count). The summed E-state index contributed by atoms with van der Waals surface area (Å²) in [5.74, 6) is 2.00. The van der Waals surface area contributed by atoms with E-state index in [0.29, 0.717) is 30.5 Å². The van der Waals surface area contributed by atoms with E-state index >= 15 is 0 Å². The van der Waals surface area contributed by atoms with Crippen molar-refractivity contribution in [2.75, 3.05) is 20.8 Å². The van der Waals surface area contributed by atoms with E-state index in [1.807, 2.05) is 62.5 Å². The lowest BCUT2D eigenvalue weighted by Crippen LogP contribution is -2.22. The lowest BCUT2D eigenvalue weighted by molar-refractivity contribution is 0.240. The van der Waals surface area contributed by atoms with Gasteiger partial charge in [0.15, 0.2) is 11.5 Å². The fourth-order valence-electron chi connectivity index (χ4n) is 2.77. The average molecular weight is 385 g/mol. The molecule has 142 valence electrons. The summed E-state index contributed by atoms with van der Waals surface area (Å²) in [7, 11) is 3.65. The van der Waals surface area contributed by atoms with E-state index in [1.54, 1.807) is 11.8 Å². The van der Waals surface area contributed by atoms with Crippen LogP contribution in [0.3, 0.4) is 0 Å². The maximum absolute atomic E-state index is 5.63. The molecule has 0 radical (unpaired) electrons. The van der Waals surface area contributed by atoms with Crippen LogP contribution < -0.4 is 9.47 Å². The number of benzene rings is 2. The second-order valence-electron chi connectivity index (χ2n) is 6.11. The Kier molecular flexibility index (Phi) is 6.26. The molecule has 0 aliphatic rings. The number of rotatable bonds is 8. The third kappa shape index (κ3) is 4.75. The second-order valence-corrected chi connectivity index (χ2v) is 6.46. The Morgan fingerprint density at radius 1 is 1.15 bits per heavy atom. The van der Waals surface area contributed by atoms with E-state index in [1.165, 1.54) is 0 Å². The number of aromatic nitrogens is 2. The van der Waals surface area contributed by atoms with Crippen molar-refractivity contribution in [1.82, 2.24) is 14.7 Å². The SMILES string of the molecule is CCOc1ccc(CN(C)Cn2nc(-c3ccccc3)oc2=S)cc1OC. The molecule has 1 heterocycles. The van der Waals surface area contributed by atoms with E-state index in [4.69, 9.17) is 26.1 Å². The Morgan fingerprint density at radius 3 is 2.63 bits per heavy atom. The van der Waals surface area contributed by atoms with Crippen molar-refractivity contribution in [2.24, 2.45) is 0 Å². The van der Waals surface area contributed by atoms with Crippen LogP contribution in [0.25, 0.3) is 11.5 Å². The quantitative estimate of drug-likeness (QED) is 0.537. The van der Waals surface area contributed by atoms with Crippen LogP contribution in [0.1, 0.15) is 12.5 Å². The highest BCUT2D eigenvalue weighted by Gasteiger charge is 2.11. The third-order valence-corrected chi connectivity index (χ3v) is 4.28. The monoisotopic (exact) mass is 385 g/mol. The summed E-state index contributed by atoms with van der Waals surface area (Å²) in [5.41, 5.74) is 2.01. The molecule has 3 aromatic rings. The Labute approximate surface area is 163 Å². The van der Waals surface area contributed by atoms with Gasteiger partial charge in [-0.3, -0.25) is 4.90 Å². The van der Waals surface area contributed by atoms with Gasteiger partial charge in [-0.1, -0.05) is 24.3 Å². The van der Waals surface area contributed by atoms with Gasteiger partial charge >= 0.3 is 0 Å². The van der Waals surface area contributed by atoms with Crippen molar-refractivity contribution in [3.05, 3.63) is 58.9 Å². The molecule has 0 saturated heterocycles. The van der Waals surface area contributed by atoms with Crippen LogP contribution in [-0.4, -0.2) is 35.4 Å². The van der Waals surface area contributed by atoms with Crippen molar-refractivity contribution in [1.29, 1.82) is 0 Å². The molecule has 1 aromatic heterocycles. The Morgan fingerprint density at radius 2 is 1.93 bits per heavy atom. The van der Waals surface area contributed by atoms with Crippen LogP contribution in [0.2, 0.25) is 0 Å². The molecule has 0 N–H and O–H groups in total. The number of ether oxygens (including phenoxy) is 2. The van der Waals surface area contributed by atoms with Gasteiger partial charge in [-0.25, -0.2) is 4.68 Å². The summed E-state index contributed by atoms with van der Waals surface area (Å²) < 4.78 is 18.3. The molecule has 0 aliphatic heterocycles. The first-order valence-electron chi connectivity index (χ1n) is 8.72. The minimum atomic E-state index is 0.352. The van der Waals surface area contributed by atoms with E-state index in [9.17, 15) is 0 Å². The van der Waals surface area contributed by atoms with Gasteiger partial charge in [0, 0.05) is 12.1 Å². The molecule has 0 atom stereocenters. The van der Waals surface area contributed by atoms with E-state index in [2.05, 4.69) is 10.00 Å². The molecule has 2 aromatic carbocycles. The minimum Gasteiger partial charge on any atom is -0.493 e. The average Bonchev–Trinajstić information content (AvgIpc) is 3.04. The summed E-state index contributed by atoms with van der Waals surface area (Å²) >= 11 is 5.31. The maximum atomic E-state index is 5.63. The zero-order valence-corrected chi connectivity index (χ0v) is 16.5. The minimum absolute atomic E-state index is 0.352. The summed E-state index contributed by atoms with van der Waals surface area (Å²) in [6.07, 6.45) is 0. The molecule has 27 heavy (non-hydrogen) atoms. The number of methoxy groups -OCH3 is 1. The van der Waals surface area contributed by atoms with Gasteiger partial charge in [0.25, 0.3) is 4.84 Å². The van der Waals surface area contributed by atoms with E-state index in [-0.39, 0.29) is 0 Å². The zero-order valence-electron chi connectivity index (χ0n) is 15.7. The topological polar surface area (TPSA) is 52.7 Å². The standard InChI is InChI=1S/C20H23N3O3S/c1-4-25-17-11-10-15(12-18(17)24-3)13-22(2)14-23-20(27)26-19(21-23)16-8-6-5-7-9-16/h5-12H,4,13-14H2,1-3H3. The van der Waals surface area contributed by atoms with Crippen LogP contribution >= 0.6 is 12.2 Å². The summed E-state index contributed by atoms with van der Waals surface area (Å²) in [4.78, 5) is 2.45. The Hall–Kier alpha value is -2.64. The first-order valence-corrected chi connectivity index (χ1v) is 9.13. The van der Waals surface area contributed by atoms with Crippen molar-refractivity contribution in [3.63, 3.8) is 0 Å². The first-order chi connectivity index (χ1) is 13.1. The molecule has 0 aliphatic carbocycles. The van der Waals surface area contributed by atoms with Gasteiger partial charge in [-0.2, -0.15) is 0 Å². The van der Waals surface area contributed by atoms with Gasteiger partial charge < -0.3 is 13.9 Å². The van der Waals surface area contributed by atoms with E-state index in [0.717, 1.165) is 22.6 Å².